The average molecular weight is 294 g/mol. The van der Waals surface area contributed by atoms with Gasteiger partial charge in [0.05, 0.1) is 22.5 Å². The van der Waals surface area contributed by atoms with E-state index in [9.17, 15) is 10.1 Å². The molecule has 0 aliphatic heterocycles. The molecule has 0 spiro atoms. The molecular formula is C12H12ClN5O2. The highest BCUT2D eigenvalue weighted by Crippen LogP contribution is 2.26. The summed E-state index contributed by atoms with van der Waals surface area (Å²) in [5.41, 5.74) is 1.22. The molecule has 1 fully saturated rings. The van der Waals surface area contributed by atoms with Crippen LogP contribution in [0.15, 0.2) is 24.4 Å². The number of halogens is 1. The van der Waals surface area contributed by atoms with Crippen molar-refractivity contribution in [2.75, 3.05) is 0 Å². The van der Waals surface area contributed by atoms with E-state index in [0.717, 1.165) is 5.69 Å². The molecule has 0 amide bonds. The Morgan fingerprint density at radius 2 is 2.30 bits per heavy atom. The molecule has 1 heterocycles. The van der Waals surface area contributed by atoms with Crippen molar-refractivity contribution in [2.24, 2.45) is 0 Å². The number of nitrogens with zero attached hydrogens (tertiary/aromatic N) is 4. The van der Waals surface area contributed by atoms with E-state index in [1.807, 2.05) is 0 Å². The lowest BCUT2D eigenvalue weighted by molar-refractivity contribution is -0.384. The first kappa shape index (κ1) is 13.0. The fourth-order valence-corrected chi connectivity index (χ4v) is 2.01. The average Bonchev–Trinajstić information content (AvgIpc) is 3.14. The van der Waals surface area contributed by atoms with Crippen LogP contribution in [0.25, 0.3) is 5.69 Å². The van der Waals surface area contributed by atoms with Crippen molar-refractivity contribution in [1.29, 1.82) is 0 Å². The van der Waals surface area contributed by atoms with Crippen molar-refractivity contribution >= 4 is 17.3 Å². The molecule has 0 saturated heterocycles. The maximum Gasteiger partial charge on any atom is 0.290 e. The van der Waals surface area contributed by atoms with Gasteiger partial charge in [-0.2, -0.15) is 0 Å². The molecule has 2 aromatic rings. The Bertz CT molecular complexity index is 653. The molecule has 0 atom stereocenters. The zero-order chi connectivity index (χ0) is 14.1. The highest BCUT2D eigenvalue weighted by atomic mass is 35.5. The molecule has 0 bridgehead atoms. The Kier molecular flexibility index (Phi) is 3.37. The number of nitro groups is 1. The molecule has 7 nitrogen and oxygen atoms in total. The van der Waals surface area contributed by atoms with Crippen molar-refractivity contribution in [3.63, 3.8) is 0 Å². The molecule has 1 aliphatic carbocycles. The van der Waals surface area contributed by atoms with Crippen LogP contribution in [-0.2, 0) is 6.54 Å². The van der Waals surface area contributed by atoms with Crippen molar-refractivity contribution in [3.05, 3.63) is 45.2 Å². The van der Waals surface area contributed by atoms with Crippen LogP contribution in [0.2, 0.25) is 5.02 Å². The summed E-state index contributed by atoms with van der Waals surface area (Å²) < 4.78 is 1.51. The van der Waals surface area contributed by atoms with Gasteiger partial charge < -0.3 is 5.32 Å². The van der Waals surface area contributed by atoms with Crippen LogP contribution in [0.1, 0.15) is 18.5 Å². The van der Waals surface area contributed by atoms with Gasteiger partial charge in [0.15, 0.2) is 0 Å². The van der Waals surface area contributed by atoms with Crippen molar-refractivity contribution in [3.8, 4) is 5.69 Å². The highest BCUT2D eigenvalue weighted by molar-refractivity contribution is 6.32. The van der Waals surface area contributed by atoms with Gasteiger partial charge in [-0.15, -0.1) is 5.10 Å². The normalized spacial score (nSPS) is 14.4. The molecule has 1 aromatic heterocycles. The summed E-state index contributed by atoms with van der Waals surface area (Å²) in [6.45, 7) is 0.653. The van der Waals surface area contributed by atoms with Crippen LogP contribution >= 0.6 is 11.6 Å². The van der Waals surface area contributed by atoms with Crippen LogP contribution in [0.3, 0.4) is 0 Å². The minimum absolute atomic E-state index is 0.106. The molecule has 8 heteroatoms. The molecule has 1 aliphatic rings. The molecule has 0 unspecified atom stereocenters. The van der Waals surface area contributed by atoms with Gasteiger partial charge in [0.2, 0.25) is 0 Å². The van der Waals surface area contributed by atoms with E-state index in [1.165, 1.54) is 29.7 Å². The molecule has 1 N–H and O–H groups in total. The highest BCUT2D eigenvalue weighted by Gasteiger charge is 2.20. The zero-order valence-corrected chi connectivity index (χ0v) is 11.2. The predicted octanol–water partition coefficient (Wildman–Crippen LogP) is 2.08. The smallest absolute Gasteiger partial charge is 0.290 e. The minimum Gasteiger partial charge on any atom is -0.308 e. The Labute approximate surface area is 119 Å². The van der Waals surface area contributed by atoms with Gasteiger partial charge in [-0.05, 0) is 25.0 Å². The maximum atomic E-state index is 10.9. The Hall–Kier alpha value is -1.99. The summed E-state index contributed by atoms with van der Waals surface area (Å²) in [6.07, 6.45) is 4.16. The van der Waals surface area contributed by atoms with Crippen LogP contribution in [0.4, 0.5) is 5.69 Å². The third-order valence-electron chi connectivity index (χ3n) is 3.08. The van der Waals surface area contributed by atoms with Crippen molar-refractivity contribution < 1.29 is 4.92 Å². The van der Waals surface area contributed by atoms with Gasteiger partial charge in [-0.1, -0.05) is 16.8 Å². The number of nitrogens with one attached hydrogen (secondary N) is 1. The van der Waals surface area contributed by atoms with E-state index in [2.05, 4.69) is 15.6 Å². The molecule has 1 aromatic carbocycles. The fraction of sp³-hybridized carbons (Fsp3) is 0.333. The minimum atomic E-state index is -0.516. The third-order valence-corrected chi connectivity index (χ3v) is 3.40. The van der Waals surface area contributed by atoms with Gasteiger partial charge >= 0.3 is 0 Å². The zero-order valence-electron chi connectivity index (χ0n) is 10.5. The number of aromatic nitrogens is 3. The SMILES string of the molecule is O=[N+]([O-])c1cc(-n2cc(CNC3CC3)nn2)ccc1Cl. The topological polar surface area (TPSA) is 85.9 Å². The Morgan fingerprint density at radius 1 is 1.50 bits per heavy atom. The fourth-order valence-electron chi connectivity index (χ4n) is 1.83. The summed E-state index contributed by atoms with van der Waals surface area (Å²) in [5.74, 6) is 0. The number of hydrogen-bond acceptors (Lipinski definition) is 5. The molecular weight excluding hydrogens is 282 g/mol. The molecule has 1 saturated carbocycles. The lowest BCUT2D eigenvalue weighted by Crippen LogP contribution is -2.15. The van der Waals surface area contributed by atoms with E-state index < -0.39 is 4.92 Å². The third kappa shape index (κ3) is 2.78. The predicted molar refractivity (Wildman–Crippen MR) is 72.9 cm³/mol. The van der Waals surface area contributed by atoms with Gasteiger partial charge in [-0.25, -0.2) is 4.68 Å². The van der Waals surface area contributed by atoms with Gasteiger partial charge in [0, 0.05) is 18.7 Å². The molecule has 20 heavy (non-hydrogen) atoms. The Morgan fingerprint density at radius 3 is 3.00 bits per heavy atom. The first-order valence-electron chi connectivity index (χ1n) is 6.22. The summed E-state index contributed by atoms with van der Waals surface area (Å²) in [7, 11) is 0. The number of hydrogen-bond donors (Lipinski definition) is 1. The van der Waals surface area contributed by atoms with Crippen molar-refractivity contribution in [1.82, 2.24) is 20.3 Å². The van der Waals surface area contributed by atoms with E-state index in [-0.39, 0.29) is 10.7 Å². The first-order valence-corrected chi connectivity index (χ1v) is 6.60. The lowest BCUT2D eigenvalue weighted by atomic mass is 10.3. The quantitative estimate of drug-likeness (QED) is 0.674. The van der Waals surface area contributed by atoms with E-state index >= 15 is 0 Å². The first-order chi connectivity index (χ1) is 9.63. The molecule has 0 radical (unpaired) electrons. The number of benzene rings is 1. The maximum absolute atomic E-state index is 10.9. The monoisotopic (exact) mass is 293 g/mol. The van der Waals surface area contributed by atoms with E-state index in [1.54, 1.807) is 12.3 Å². The standard InChI is InChI=1S/C12H12ClN5O2/c13-11-4-3-10(5-12(11)18(19)20)17-7-9(15-16-17)6-14-8-1-2-8/h3-5,7-8,14H,1-2,6H2. The summed E-state index contributed by atoms with van der Waals surface area (Å²) >= 11 is 5.78. The van der Waals surface area contributed by atoms with Crippen LogP contribution in [-0.4, -0.2) is 26.0 Å². The van der Waals surface area contributed by atoms with Gasteiger partial charge in [-0.3, -0.25) is 10.1 Å². The summed E-state index contributed by atoms with van der Waals surface area (Å²) in [6, 6.07) is 5.13. The van der Waals surface area contributed by atoms with Gasteiger partial charge in [0.25, 0.3) is 5.69 Å². The Balaban J connectivity index is 1.81. The number of rotatable bonds is 5. The summed E-state index contributed by atoms with van der Waals surface area (Å²) in [5, 5.41) is 22.3. The second-order valence-corrected chi connectivity index (χ2v) is 5.11. The second-order valence-electron chi connectivity index (χ2n) is 4.70. The van der Waals surface area contributed by atoms with E-state index in [4.69, 9.17) is 11.6 Å². The van der Waals surface area contributed by atoms with E-state index in [0.29, 0.717) is 18.3 Å². The van der Waals surface area contributed by atoms with Crippen LogP contribution < -0.4 is 5.32 Å². The molecule has 3 rings (SSSR count). The summed E-state index contributed by atoms with van der Waals surface area (Å²) in [4.78, 5) is 10.3. The van der Waals surface area contributed by atoms with Crippen LogP contribution in [0.5, 0.6) is 0 Å². The largest absolute Gasteiger partial charge is 0.308 e. The second kappa shape index (κ2) is 5.18. The van der Waals surface area contributed by atoms with Crippen LogP contribution in [0, 0.1) is 10.1 Å². The molecule has 104 valence electrons. The van der Waals surface area contributed by atoms with Crippen molar-refractivity contribution in [2.45, 2.75) is 25.4 Å². The number of nitro benzene ring substituents is 1. The lowest BCUT2D eigenvalue weighted by Gasteiger charge is -2.01. The van der Waals surface area contributed by atoms with Gasteiger partial charge in [0.1, 0.15) is 5.02 Å².